The van der Waals surface area contributed by atoms with Gasteiger partial charge in [-0.05, 0) is 60.9 Å². The van der Waals surface area contributed by atoms with Gasteiger partial charge in [-0.1, -0.05) is 54.1 Å². The van der Waals surface area contributed by atoms with E-state index in [1.165, 1.54) is 16.8 Å². The van der Waals surface area contributed by atoms with Crippen LogP contribution in [0.5, 0.6) is 0 Å². The standard InChI is InChI=1S/C28H25ClN4O/c1-19-20(2)33(17-21-7-4-3-5-8-21)27-12-11-23(14-26(19)27)28(34)31-25-15-30-32(18-25)16-22-9-6-10-24(29)13-22/h3-15,18H,16-17H2,1-2H3,(H,31,34). The molecule has 0 atom stereocenters. The van der Waals surface area contributed by atoms with E-state index in [9.17, 15) is 4.79 Å². The van der Waals surface area contributed by atoms with Gasteiger partial charge in [-0.2, -0.15) is 5.10 Å². The van der Waals surface area contributed by atoms with Crippen LogP contribution in [0.15, 0.2) is 85.2 Å². The molecular weight excluding hydrogens is 444 g/mol. The Morgan fingerprint density at radius 2 is 1.74 bits per heavy atom. The number of nitrogens with one attached hydrogen (secondary N) is 1. The number of anilines is 1. The molecule has 0 aliphatic rings. The average molecular weight is 469 g/mol. The third-order valence-corrected chi connectivity index (χ3v) is 6.44. The predicted molar refractivity (Wildman–Crippen MR) is 138 cm³/mol. The molecule has 3 aromatic carbocycles. The van der Waals surface area contributed by atoms with Crippen molar-refractivity contribution in [1.29, 1.82) is 0 Å². The summed E-state index contributed by atoms with van der Waals surface area (Å²) < 4.78 is 4.09. The second kappa shape index (κ2) is 9.20. The van der Waals surface area contributed by atoms with Crippen molar-refractivity contribution in [2.45, 2.75) is 26.9 Å². The molecule has 0 saturated heterocycles. The van der Waals surface area contributed by atoms with Gasteiger partial charge in [-0.25, -0.2) is 0 Å². The second-order valence-corrected chi connectivity index (χ2v) is 8.96. The Hall–Kier alpha value is -3.83. The Kier molecular flexibility index (Phi) is 5.95. The molecule has 0 fully saturated rings. The molecule has 2 heterocycles. The van der Waals surface area contributed by atoms with Crippen molar-refractivity contribution in [2.75, 3.05) is 5.32 Å². The van der Waals surface area contributed by atoms with Crippen molar-refractivity contribution in [2.24, 2.45) is 0 Å². The summed E-state index contributed by atoms with van der Waals surface area (Å²) in [5.41, 5.74) is 7.10. The van der Waals surface area contributed by atoms with Crippen molar-refractivity contribution in [3.63, 3.8) is 0 Å². The summed E-state index contributed by atoms with van der Waals surface area (Å²) in [7, 11) is 0. The molecule has 2 aromatic heterocycles. The van der Waals surface area contributed by atoms with Gasteiger partial charge in [-0.15, -0.1) is 0 Å². The van der Waals surface area contributed by atoms with Crippen LogP contribution >= 0.6 is 11.6 Å². The van der Waals surface area contributed by atoms with Crippen LogP contribution in [0, 0.1) is 13.8 Å². The Morgan fingerprint density at radius 1 is 0.941 bits per heavy atom. The Labute approximate surface area is 203 Å². The monoisotopic (exact) mass is 468 g/mol. The minimum Gasteiger partial charge on any atom is -0.340 e. The van der Waals surface area contributed by atoms with E-state index in [4.69, 9.17) is 11.6 Å². The van der Waals surface area contributed by atoms with E-state index in [2.05, 4.69) is 53.1 Å². The maximum absolute atomic E-state index is 13.0. The second-order valence-electron chi connectivity index (χ2n) is 8.52. The highest BCUT2D eigenvalue weighted by Gasteiger charge is 2.15. The minimum atomic E-state index is -0.155. The largest absolute Gasteiger partial charge is 0.340 e. The van der Waals surface area contributed by atoms with Gasteiger partial charge >= 0.3 is 0 Å². The molecule has 0 radical (unpaired) electrons. The molecular formula is C28H25ClN4O. The summed E-state index contributed by atoms with van der Waals surface area (Å²) in [5.74, 6) is -0.155. The number of carbonyl (C=O) groups is 1. The third-order valence-electron chi connectivity index (χ3n) is 6.21. The molecule has 0 unspecified atom stereocenters. The number of carbonyl (C=O) groups excluding carboxylic acids is 1. The fraction of sp³-hybridized carbons (Fsp3) is 0.143. The number of nitrogens with zero attached hydrogens (tertiary/aromatic N) is 3. The van der Waals surface area contributed by atoms with Crippen LogP contribution in [0.4, 0.5) is 5.69 Å². The van der Waals surface area contributed by atoms with Crippen molar-refractivity contribution in [3.8, 4) is 0 Å². The molecule has 1 N–H and O–H groups in total. The summed E-state index contributed by atoms with van der Waals surface area (Å²) in [6.07, 6.45) is 3.48. The highest BCUT2D eigenvalue weighted by molar-refractivity contribution is 6.30. The number of amides is 1. The Bertz CT molecular complexity index is 1480. The molecule has 0 aliphatic carbocycles. The molecule has 5 aromatic rings. The van der Waals surface area contributed by atoms with Crippen LogP contribution in [-0.2, 0) is 13.1 Å². The van der Waals surface area contributed by atoms with Gasteiger partial charge in [0.15, 0.2) is 0 Å². The number of fused-ring (bicyclic) bond motifs is 1. The number of hydrogen-bond donors (Lipinski definition) is 1. The van der Waals surface area contributed by atoms with Crippen LogP contribution in [-0.4, -0.2) is 20.3 Å². The number of rotatable bonds is 6. The lowest BCUT2D eigenvalue weighted by Crippen LogP contribution is -2.11. The SMILES string of the molecule is Cc1c(C)n(Cc2ccccc2)c2ccc(C(=O)Nc3cnn(Cc4cccc(Cl)c4)c3)cc12. The molecule has 5 rings (SSSR count). The van der Waals surface area contributed by atoms with Gasteiger partial charge in [0.1, 0.15) is 0 Å². The molecule has 0 saturated carbocycles. The van der Waals surface area contributed by atoms with Gasteiger partial charge in [-0.3, -0.25) is 9.48 Å². The highest BCUT2D eigenvalue weighted by Crippen LogP contribution is 2.27. The Morgan fingerprint density at radius 3 is 2.53 bits per heavy atom. The summed E-state index contributed by atoms with van der Waals surface area (Å²) >= 11 is 6.07. The summed E-state index contributed by atoms with van der Waals surface area (Å²) in [4.78, 5) is 13.0. The molecule has 170 valence electrons. The highest BCUT2D eigenvalue weighted by atomic mass is 35.5. The predicted octanol–water partition coefficient (Wildman–Crippen LogP) is 6.46. The molecule has 5 nitrogen and oxygen atoms in total. The van der Waals surface area contributed by atoms with Crippen molar-refractivity contribution in [1.82, 2.24) is 14.3 Å². The van der Waals surface area contributed by atoms with Gasteiger partial charge in [0.05, 0.1) is 18.4 Å². The number of halogens is 1. The molecule has 0 bridgehead atoms. The number of aromatic nitrogens is 3. The summed E-state index contributed by atoms with van der Waals surface area (Å²) in [6.45, 7) is 5.62. The van der Waals surface area contributed by atoms with Crippen molar-refractivity contribution < 1.29 is 4.79 Å². The quantitative estimate of drug-likeness (QED) is 0.311. The first-order chi connectivity index (χ1) is 16.5. The van der Waals surface area contributed by atoms with Crippen molar-refractivity contribution >= 4 is 34.1 Å². The van der Waals surface area contributed by atoms with Crippen molar-refractivity contribution in [3.05, 3.63) is 118 Å². The van der Waals surface area contributed by atoms with E-state index in [-0.39, 0.29) is 5.91 Å². The van der Waals surface area contributed by atoms with E-state index < -0.39 is 0 Å². The lowest BCUT2D eigenvalue weighted by Gasteiger charge is -2.09. The van der Waals surface area contributed by atoms with Crippen LogP contribution in [0.1, 0.15) is 32.7 Å². The molecule has 34 heavy (non-hydrogen) atoms. The normalized spacial score (nSPS) is 11.1. The lowest BCUT2D eigenvalue weighted by atomic mass is 10.1. The van der Waals surface area contributed by atoms with Crippen LogP contribution in [0.25, 0.3) is 10.9 Å². The number of hydrogen-bond acceptors (Lipinski definition) is 2. The average Bonchev–Trinajstić information content (AvgIpc) is 3.37. The van der Waals surface area contributed by atoms with Gasteiger partial charge in [0.2, 0.25) is 0 Å². The molecule has 0 spiro atoms. The smallest absolute Gasteiger partial charge is 0.255 e. The fourth-order valence-electron chi connectivity index (χ4n) is 4.30. The maximum atomic E-state index is 13.0. The lowest BCUT2D eigenvalue weighted by molar-refractivity contribution is 0.102. The van der Waals surface area contributed by atoms with Gasteiger partial charge in [0.25, 0.3) is 5.91 Å². The first-order valence-corrected chi connectivity index (χ1v) is 11.6. The van der Waals surface area contributed by atoms with E-state index in [1.807, 2.05) is 54.7 Å². The zero-order valence-electron chi connectivity index (χ0n) is 19.1. The van der Waals surface area contributed by atoms with E-state index in [0.717, 1.165) is 23.0 Å². The van der Waals surface area contributed by atoms with Crippen LogP contribution in [0.2, 0.25) is 5.02 Å². The first-order valence-electron chi connectivity index (χ1n) is 11.2. The van der Waals surface area contributed by atoms with Crippen LogP contribution < -0.4 is 5.32 Å². The first kappa shape index (κ1) is 22.0. The van der Waals surface area contributed by atoms with E-state index in [1.54, 1.807) is 10.9 Å². The van der Waals surface area contributed by atoms with E-state index in [0.29, 0.717) is 22.8 Å². The maximum Gasteiger partial charge on any atom is 0.255 e. The molecule has 6 heteroatoms. The summed E-state index contributed by atoms with van der Waals surface area (Å²) in [5, 5.41) is 9.11. The topological polar surface area (TPSA) is 51.9 Å². The fourth-order valence-corrected chi connectivity index (χ4v) is 4.51. The zero-order chi connectivity index (χ0) is 23.7. The number of benzene rings is 3. The third kappa shape index (κ3) is 4.47. The van der Waals surface area contributed by atoms with E-state index >= 15 is 0 Å². The van der Waals surface area contributed by atoms with Gasteiger partial charge < -0.3 is 9.88 Å². The Balaban J connectivity index is 1.35. The minimum absolute atomic E-state index is 0.155. The molecule has 1 amide bonds. The molecule has 0 aliphatic heterocycles. The summed E-state index contributed by atoms with van der Waals surface area (Å²) in [6, 6.07) is 24.0. The van der Waals surface area contributed by atoms with Crippen LogP contribution in [0.3, 0.4) is 0 Å². The number of aryl methyl sites for hydroxylation is 1. The zero-order valence-corrected chi connectivity index (χ0v) is 19.9. The van der Waals surface area contributed by atoms with Gasteiger partial charge in [0, 0.05) is 39.9 Å².